The maximum atomic E-state index is 12.5. The van der Waals surface area contributed by atoms with E-state index in [0.29, 0.717) is 23.7 Å². The number of hydrogen-bond acceptors (Lipinski definition) is 1. The van der Waals surface area contributed by atoms with Crippen molar-refractivity contribution in [2.45, 2.75) is 36.9 Å². The Morgan fingerprint density at radius 3 is 2.36 bits per heavy atom. The van der Waals surface area contributed by atoms with Crippen LogP contribution in [0.1, 0.15) is 31.2 Å². The van der Waals surface area contributed by atoms with Crippen LogP contribution in [0.15, 0.2) is 24.3 Å². The number of aryl methyl sites for hydroxylation is 1. The Kier molecular flexibility index (Phi) is 3.47. The van der Waals surface area contributed by atoms with E-state index in [9.17, 15) is 4.79 Å². The summed E-state index contributed by atoms with van der Waals surface area (Å²) in [7, 11) is 0. The minimum Gasteiger partial charge on any atom is -0.326 e. The summed E-state index contributed by atoms with van der Waals surface area (Å²) in [5, 5.41) is 3.09. The molecule has 1 N–H and O–H groups in total. The van der Waals surface area contributed by atoms with Gasteiger partial charge in [-0.2, -0.15) is 0 Å². The fourth-order valence-electron chi connectivity index (χ4n) is 4.56. The molecule has 22 heavy (non-hydrogen) atoms. The molecule has 4 rings (SSSR count). The third kappa shape index (κ3) is 2.45. The van der Waals surface area contributed by atoms with Crippen LogP contribution in [-0.2, 0) is 4.79 Å². The molecule has 3 aliphatic carbocycles. The standard InChI is InChI=1S/C18H21Cl2NO/c1-10-3-2-4-11(9-10)21-17(22)16-12-5-7-14-15(18(14,19)20)8-6-13(12)16/h2-4,9,12-16H,5-8H2,1H3,(H,21,22)/t12-,13-,14-,15+,16?/m0/s1. The number of hydrogen-bond donors (Lipinski definition) is 1. The highest BCUT2D eigenvalue weighted by atomic mass is 35.5. The van der Waals surface area contributed by atoms with Crippen molar-refractivity contribution in [3.05, 3.63) is 29.8 Å². The first-order valence-corrected chi connectivity index (χ1v) is 8.99. The van der Waals surface area contributed by atoms with E-state index in [1.807, 2.05) is 31.2 Å². The molecule has 0 bridgehead atoms. The van der Waals surface area contributed by atoms with E-state index in [-0.39, 0.29) is 11.8 Å². The molecule has 0 radical (unpaired) electrons. The smallest absolute Gasteiger partial charge is 0.228 e. The first-order chi connectivity index (χ1) is 10.5. The zero-order chi connectivity index (χ0) is 15.5. The van der Waals surface area contributed by atoms with Crippen molar-refractivity contribution in [2.75, 3.05) is 5.32 Å². The van der Waals surface area contributed by atoms with Crippen LogP contribution in [-0.4, -0.2) is 10.2 Å². The predicted octanol–water partition coefficient (Wildman–Crippen LogP) is 4.79. The molecule has 0 aliphatic heterocycles. The Labute approximate surface area is 141 Å². The monoisotopic (exact) mass is 337 g/mol. The summed E-state index contributed by atoms with van der Waals surface area (Å²) in [5.74, 6) is 2.37. The molecule has 1 unspecified atom stereocenters. The van der Waals surface area contributed by atoms with Crippen LogP contribution in [0.3, 0.4) is 0 Å². The number of carbonyl (C=O) groups is 1. The van der Waals surface area contributed by atoms with Gasteiger partial charge in [0.1, 0.15) is 4.33 Å². The Balaban J connectivity index is 1.38. The fourth-order valence-corrected chi connectivity index (χ4v) is 5.48. The molecule has 0 saturated heterocycles. The number of halogens is 2. The fraction of sp³-hybridized carbons (Fsp3) is 0.611. The summed E-state index contributed by atoms with van der Waals surface area (Å²) in [6.45, 7) is 2.04. The number of alkyl halides is 2. The second-order valence-corrected chi connectivity index (χ2v) is 8.70. The second-order valence-electron chi connectivity index (χ2n) is 7.25. The number of amides is 1. The van der Waals surface area contributed by atoms with Crippen LogP contribution in [0.25, 0.3) is 0 Å². The van der Waals surface area contributed by atoms with Gasteiger partial charge in [-0.1, -0.05) is 12.1 Å². The van der Waals surface area contributed by atoms with Gasteiger partial charge in [-0.25, -0.2) is 0 Å². The number of carbonyl (C=O) groups excluding carboxylic acids is 1. The number of nitrogens with one attached hydrogen (secondary N) is 1. The van der Waals surface area contributed by atoms with Crippen LogP contribution in [0, 0.1) is 36.5 Å². The average Bonchev–Trinajstić information content (AvgIpc) is 3.23. The molecule has 118 valence electrons. The van der Waals surface area contributed by atoms with Crippen LogP contribution < -0.4 is 5.32 Å². The Bertz CT molecular complexity index is 593. The number of benzene rings is 1. The summed E-state index contributed by atoms with van der Waals surface area (Å²) in [6, 6.07) is 8.00. The zero-order valence-corrected chi connectivity index (χ0v) is 14.2. The first kappa shape index (κ1) is 14.8. The van der Waals surface area contributed by atoms with Crippen molar-refractivity contribution < 1.29 is 4.79 Å². The van der Waals surface area contributed by atoms with E-state index in [1.165, 1.54) is 5.56 Å². The van der Waals surface area contributed by atoms with Crippen molar-refractivity contribution in [1.29, 1.82) is 0 Å². The van der Waals surface area contributed by atoms with E-state index in [4.69, 9.17) is 23.2 Å². The predicted molar refractivity (Wildman–Crippen MR) is 90.2 cm³/mol. The third-order valence-electron chi connectivity index (χ3n) is 5.91. The Hall–Kier alpha value is -0.730. The van der Waals surface area contributed by atoms with Gasteiger partial charge in [0.2, 0.25) is 5.91 Å². The Morgan fingerprint density at radius 2 is 1.77 bits per heavy atom. The summed E-state index contributed by atoms with van der Waals surface area (Å²) in [4.78, 5) is 12.5. The van der Waals surface area contributed by atoms with E-state index in [0.717, 1.165) is 31.4 Å². The molecule has 0 spiro atoms. The molecule has 0 aromatic heterocycles. The van der Waals surface area contributed by atoms with E-state index >= 15 is 0 Å². The molecular weight excluding hydrogens is 317 g/mol. The summed E-state index contributed by atoms with van der Waals surface area (Å²) in [5.41, 5.74) is 2.08. The largest absolute Gasteiger partial charge is 0.326 e. The lowest BCUT2D eigenvalue weighted by Crippen LogP contribution is -2.15. The summed E-state index contributed by atoms with van der Waals surface area (Å²) >= 11 is 12.7. The molecule has 3 saturated carbocycles. The van der Waals surface area contributed by atoms with Gasteiger partial charge in [0.15, 0.2) is 0 Å². The minimum absolute atomic E-state index is 0.193. The highest BCUT2D eigenvalue weighted by Gasteiger charge is 2.65. The molecule has 3 aliphatic rings. The summed E-state index contributed by atoms with van der Waals surface area (Å²) in [6.07, 6.45) is 4.35. The van der Waals surface area contributed by atoms with Crippen molar-refractivity contribution in [2.24, 2.45) is 29.6 Å². The molecule has 0 heterocycles. The van der Waals surface area contributed by atoms with Gasteiger partial charge in [-0.05, 0) is 74.0 Å². The van der Waals surface area contributed by atoms with Crippen molar-refractivity contribution in [1.82, 2.24) is 0 Å². The van der Waals surface area contributed by atoms with Crippen molar-refractivity contribution in [3.8, 4) is 0 Å². The molecule has 1 aromatic rings. The average molecular weight is 338 g/mol. The maximum absolute atomic E-state index is 12.5. The van der Waals surface area contributed by atoms with Gasteiger partial charge < -0.3 is 5.32 Å². The lowest BCUT2D eigenvalue weighted by Gasteiger charge is -2.06. The highest BCUT2D eigenvalue weighted by Crippen LogP contribution is 2.67. The molecule has 3 fully saturated rings. The molecule has 1 aromatic carbocycles. The summed E-state index contributed by atoms with van der Waals surface area (Å²) < 4.78 is -0.476. The van der Waals surface area contributed by atoms with Gasteiger partial charge in [-0.3, -0.25) is 4.79 Å². The van der Waals surface area contributed by atoms with Gasteiger partial charge in [0, 0.05) is 11.6 Å². The van der Waals surface area contributed by atoms with Gasteiger partial charge in [0.25, 0.3) is 0 Å². The van der Waals surface area contributed by atoms with Gasteiger partial charge in [-0.15, -0.1) is 23.2 Å². The number of fused-ring (bicyclic) bond motifs is 2. The normalized spacial score (nSPS) is 38.0. The highest BCUT2D eigenvalue weighted by molar-refractivity contribution is 6.51. The van der Waals surface area contributed by atoms with Crippen LogP contribution in [0.4, 0.5) is 5.69 Å². The molecule has 4 heteroatoms. The van der Waals surface area contributed by atoms with Gasteiger partial charge >= 0.3 is 0 Å². The maximum Gasteiger partial charge on any atom is 0.228 e. The number of anilines is 1. The van der Waals surface area contributed by atoms with E-state index < -0.39 is 4.33 Å². The minimum atomic E-state index is -0.476. The molecular formula is C18H21Cl2NO. The van der Waals surface area contributed by atoms with E-state index in [2.05, 4.69) is 5.32 Å². The van der Waals surface area contributed by atoms with Crippen LogP contribution in [0.2, 0.25) is 0 Å². The Morgan fingerprint density at radius 1 is 1.14 bits per heavy atom. The zero-order valence-electron chi connectivity index (χ0n) is 12.7. The van der Waals surface area contributed by atoms with E-state index in [1.54, 1.807) is 0 Å². The molecule has 1 amide bonds. The SMILES string of the molecule is Cc1cccc(NC(=O)C2[C@H]3CC[C@@H]4[C@H](CC[C@H]23)C4(Cl)Cl)c1. The third-order valence-corrected chi connectivity index (χ3v) is 7.03. The molecule has 5 atom stereocenters. The number of rotatable bonds is 2. The van der Waals surface area contributed by atoms with Gasteiger partial charge in [0.05, 0.1) is 0 Å². The quantitative estimate of drug-likeness (QED) is 0.772. The van der Waals surface area contributed by atoms with Crippen molar-refractivity contribution in [3.63, 3.8) is 0 Å². The molecule has 2 nitrogen and oxygen atoms in total. The van der Waals surface area contributed by atoms with Crippen LogP contribution >= 0.6 is 23.2 Å². The lowest BCUT2D eigenvalue weighted by molar-refractivity contribution is -0.117. The van der Waals surface area contributed by atoms with Crippen molar-refractivity contribution >= 4 is 34.8 Å². The van der Waals surface area contributed by atoms with Crippen LogP contribution in [0.5, 0.6) is 0 Å². The second kappa shape index (κ2) is 5.14. The topological polar surface area (TPSA) is 29.1 Å². The first-order valence-electron chi connectivity index (χ1n) is 8.24. The lowest BCUT2D eigenvalue weighted by atomic mass is 10.0.